The average Bonchev–Trinajstić information content (AvgIpc) is 2.63. The van der Waals surface area contributed by atoms with Gasteiger partial charge < -0.3 is 0 Å². The Labute approximate surface area is 151 Å². The smallest absolute Gasteiger partial charge is 0.247 e. The fourth-order valence-electron chi connectivity index (χ4n) is 2.29. The van der Waals surface area contributed by atoms with Crippen molar-refractivity contribution in [2.24, 2.45) is 0 Å². The Morgan fingerprint density at radius 1 is 1.00 bits per heavy atom. The van der Waals surface area contributed by atoms with E-state index in [1.165, 1.54) is 36.4 Å². The van der Waals surface area contributed by atoms with Crippen LogP contribution in [0, 0.1) is 12.7 Å². The summed E-state index contributed by atoms with van der Waals surface area (Å²) in [5.74, 6) is 0.396. The molecule has 3 rings (SSSR count). The van der Waals surface area contributed by atoms with Gasteiger partial charge in [-0.05, 0) is 49.4 Å². The fourth-order valence-corrected chi connectivity index (χ4v) is 3.34. The first kappa shape index (κ1) is 17.8. The van der Waals surface area contributed by atoms with Gasteiger partial charge in [-0.15, -0.1) is 0 Å². The standard InChI is InChI=1S/C19H16FN3O2S/c1-14-5-11-17(12-6-14)26(24,25)23-19(15-7-9-16(20)10-8-15)22-18-4-2-3-13-21-18/h2-13H,1H3,(H,21,22,23)/p+2. The quantitative estimate of drug-likeness (QED) is 0.536. The maximum Gasteiger partial charge on any atom is 0.328 e. The largest absolute Gasteiger partial charge is 0.328 e. The Morgan fingerprint density at radius 2 is 1.69 bits per heavy atom. The van der Waals surface area contributed by atoms with Crippen molar-refractivity contribution in [2.45, 2.75) is 11.8 Å². The molecule has 0 aliphatic heterocycles. The molecule has 5 nitrogen and oxygen atoms in total. The Hall–Kier alpha value is -3.06. The lowest BCUT2D eigenvalue weighted by Crippen LogP contribution is -2.78. The van der Waals surface area contributed by atoms with E-state index in [1.807, 2.05) is 6.92 Å². The second kappa shape index (κ2) is 7.45. The van der Waals surface area contributed by atoms with E-state index in [-0.39, 0.29) is 10.7 Å². The molecule has 0 saturated carbocycles. The molecule has 0 atom stereocenters. The Bertz CT molecular complexity index is 1020. The zero-order chi connectivity index (χ0) is 18.6. The minimum atomic E-state index is -3.81. The molecule has 0 unspecified atom stereocenters. The van der Waals surface area contributed by atoms with Crippen molar-refractivity contribution in [2.75, 3.05) is 5.32 Å². The van der Waals surface area contributed by atoms with Crippen LogP contribution in [0.4, 0.5) is 10.2 Å². The van der Waals surface area contributed by atoms with Gasteiger partial charge in [-0.3, -0.25) is 0 Å². The summed E-state index contributed by atoms with van der Waals surface area (Å²) < 4.78 is 41.2. The number of hydrogen-bond acceptors (Lipinski definition) is 2. The maximum atomic E-state index is 13.2. The highest BCUT2D eigenvalue weighted by Gasteiger charge is 2.21. The minimum Gasteiger partial charge on any atom is -0.247 e. The van der Waals surface area contributed by atoms with Gasteiger partial charge in [0.05, 0.1) is 11.8 Å². The zero-order valence-electron chi connectivity index (χ0n) is 14.0. The van der Waals surface area contributed by atoms with Gasteiger partial charge in [0, 0.05) is 6.07 Å². The summed E-state index contributed by atoms with van der Waals surface area (Å²) in [6.07, 6.45) is 1.71. The molecule has 0 saturated heterocycles. The number of benzene rings is 2. The number of sulfonamides is 1. The summed E-state index contributed by atoms with van der Waals surface area (Å²) in [6.45, 7) is 1.88. The number of aromatic nitrogens is 1. The van der Waals surface area contributed by atoms with Crippen molar-refractivity contribution >= 4 is 21.7 Å². The number of H-pyrrole nitrogens is 1. The van der Waals surface area contributed by atoms with Crippen LogP contribution >= 0.6 is 0 Å². The van der Waals surface area contributed by atoms with Crippen molar-refractivity contribution < 1.29 is 22.2 Å². The van der Waals surface area contributed by atoms with Crippen LogP contribution in [0.15, 0.2) is 77.8 Å². The topological polar surface area (TPSA) is 74.3 Å². The molecule has 0 radical (unpaired) electrons. The van der Waals surface area contributed by atoms with Crippen LogP contribution < -0.4 is 14.7 Å². The van der Waals surface area contributed by atoms with Crippen LogP contribution in [0.2, 0.25) is 0 Å². The van der Waals surface area contributed by atoms with E-state index in [9.17, 15) is 12.8 Å². The zero-order valence-corrected chi connectivity index (χ0v) is 14.8. The van der Waals surface area contributed by atoms with Crippen LogP contribution in [0.1, 0.15) is 11.1 Å². The van der Waals surface area contributed by atoms with Crippen molar-refractivity contribution in [3.8, 4) is 0 Å². The highest BCUT2D eigenvalue weighted by Crippen LogP contribution is 2.08. The molecule has 1 aromatic heterocycles. The molecule has 7 heteroatoms. The van der Waals surface area contributed by atoms with Crippen LogP contribution in [-0.2, 0) is 10.0 Å². The highest BCUT2D eigenvalue weighted by atomic mass is 32.2. The number of aryl methyl sites for hydroxylation is 1. The third-order valence-electron chi connectivity index (χ3n) is 3.67. The predicted octanol–water partition coefficient (Wildman–Crippen LogP) is 1.28. The van der Waals surface area contributed by atoms with Crippen LogP contribution in [0.5, 0.6) is 0 Å². The van der Waals surface area contributed by atoms with Gasteiger partial charge >= 0.3 is 10.0 Å². The number of pyridine rings is 1. The molecule has 0 aliphatic carbocycles. The van der Waals surface area contributed by atoms with Crippen molar-refractivity contribution in [3.05, 3.63) is 89.9 Å². The second-order valence-electron chi connectivity index (χ2n) is 5.70. The van der Waals surface area contributed by atoms with Crippen LogP contribution in [-0.4, -0.2) is 14.3 Å². The van der Waals surface area contributed by atoms with E-state index in [1.54, 1.807) is 36.5 Å². The maximum absolute atomic E-state index is 13.2. The van der Waals surface area contributed by atoms with Gasteiger partial charge in [-0.2, -0.15) is 12.8 Å². The van der Waals surface area contributed by atoms with Crippen molar-refractivity contribution in [3.63, 3.8) is 0 Å². The van der Waals surface area contributed by atoms with Gasteiger partial charge in [0.15, 0.2) is 0 Å². The monoisotopic (exact) mass is 371 g/mol. The summed E-state index contributed by atoms with van der Waals surface area (Å²) in [7, 11) is -3.81. The minimum absolute atomic E-state index is 0.140. The summed E-state index contributed by atoms with van der Waals surface area (Å²) in [5.41, 5.74) is 1.46. The van der Waals surface area contributed by atoms with E-state index < -0.39 is 15.8 Å². The predicted molar refractivity (Wildman–Crippen MR) is 96.5 cm³/mol. The van der Waals surface area contributed by atoms with Gasteiger partial charge in [-0.1, -0.05) is 23.8 Å². The number of amidine groups is 1. The Balaban J connectivity index is 2.05. The molecule has 0 aliphatic rings. The normalized spacial score (nSPS) is 12.0. The van der Waals surface area contributed by atoms with E-state index >= 15 is 0 Å². The van der Waals surface area contributed by atoms with Gasteiger partial charge in [0.25, 0.3) is 11.7 Å². The molecule has 2 aromatic carbocycles. The molecule has 3 aromatic rings. The summed E-state index contributed by atoms with van der Waals surface area (Å²) in [6, 6.07) is 17.4. The average molecular weight is 371 g/mol. The summed E-state index contributed by atoms with van der Waals surface area (Å²) >= 11 is 0. The number of halogens is 1. The fraction of sp³-hybridized carbons (Fsp3) is 0.0526. The number of rotatable bonds is 4. The molecule has 1 heterocycles. The van der Waals surface area contributed by atoms with Crippen molar-refractivity contribution in [1.29, 1.82) is 0 Å². The SMILES string of the molecule is Cc1ccc(S(=O)(=O)[NH+]=C(Nc2cccc[nH+]2)c2ccc(F)cc2)cc1. The molecule has 0 amide bonds. The highest BCUT2D eigenvalue weighted by molar-refractivity contribution is 7.84. The second-order valence-corrected chi connectivity index (χ2v) is 7.38. The van der Waals surface area contributed by atoms with Gasteiger partial charge in [-0.25, -0.2) is 14.7 Å². The number of nitrogens with one attached hydrogen (secondary N) is 3. The lowest BCUT2D eigenvalue weighted by Gasteiger charge is -2.04. The van der Waals surface area contributed by atoms with E-state index in [4.69, 9.17) is 0 Å². The number of aromatic amines is 1. The first-order chi connectivity index (χ1) is 12.4. The summed E-state index contributed by atoms with van der Waals surface area (Å²) in [5, 5.41) is 3.00. The van der Waals surface area contributed by atoms with E-state index in [2.05, 4.69) is 14.7 Å². The van der Waals surface area contributed by atoms with Crippen molar-refractivity contribution in [1.82, 2.24) is 0 Å². The first-order valence-electron chi connectivity index (χ1n) is 7.90. The van der Waals surface area contributed by atoms with E-state index in [0.717, 1.165) is 5.56 Å². The Morgan fingerprint density at radius 3 is 2.31 bits per heavy atom. The first-order valence-corrected chi connectivity index (χ1v) is 9.38. The molecular weight excluding hydrogens is 353 g/mol. The Kier molecular flexibility index (Phi) is 5.09. The van der Waals surface area contributed by atoms with Gasteiger partial charge in [0.1, 0.15) is 10.7 Å². The lowest BCUT2D eigenvalue weighted by atomic mass is 10.2. The number of anilines is 1. The van der Waals surface area contributed by atoms with Gasteiger partial charge in [0.2, 0.25) is 0 Å². The molecule has 26 heavy (non-hydrogen) atoms. The third kappa shape index (κ3) is 4.31. The molecule has 0 bridgehead atoms. The van der Waals surface area contributed by atoms with E-state index in [0.29, 0.717) is 11.4 Å². The third-order valence-corrected chi connectivity index (χ3v) is 5.03. The molecular formula is C19H18FN3O2S+2. The number of hydrogen-bond donors (Lipinski definition) is 2. The summed E-state index contributed by atoms with van der Waals surface area (Å²) in [4.78, 5) is 3.11. The van der Waals surface area contributed by atoms with Crippen LogP contribution in [0.3, 0.4) is 0 Å². The van der Waals surface area contributed by atoms with Crippen LogP contribution in [0.25, 0.3) is 0 Å². The molecule has 132 valence electrons. The molecule has 0 spiro atoms. The lowest BCUT2D eigenvalue weighted by molar-refractivity contribution is -0.361. The molecule has 3 N–H and O–H groups in total. The molecule has 0 fully saturated rings.